The average Bonchev–Trinajstić information content (AvgIpc) is 3.27. The molecular formula is C20H28N6OS. The van der Waals surface area contributed by atoms with Gasteiger partial charge in [-0.25, -0.2) is 4.98 Å². The molecule has 0 aliphatic carbocycles. The summed E-state index contributed by atoms with van der Waals surface area (Å²) in [5, 5.41) is 13.5. The van der Waals surface area contributed by atoms with Gasteiger partial charge in [0.05, 0.1) is 12.6 Å². The summed E-state index contributed by atoms with van der Waals surface area (Å²) in [5.41, 5.74) is 8.96. The largest absolute Gasteiger partial charge is 0.390 e. The molecule has 1 aromatic heterocycles. The van der Waals surface area contributed by atoms with Gasteiger partial charge in [0.2, 0.25) is 0 Å². The number of benzene rings is 1. The van der Waals surface area contributed by atoms with Crippen LogP contribution in [0.5, 0.6) is 0 Å². The summed E-state index contributed by atoms with van der Waals surface area (Å²) in [6.07, 6.45) is 2.38. The van der Waals surface area contributed by atoms with Crippen LogP contribution in [0.1, 0.15) is 11.1 Å². The van der Waals surface area contributed by atoms with Crippen molar-refractivity contribution in [2.24, 2.45) is 10.7 Å². The molecule has 1 atom stereocenters. The van der Waals surface area contributed by atoms with Crippen molar-refractivity contribution in [1.82, 2.24) is 14.8 Å². The number of guanidine groups is 1. The number of rotatable bonds is 5. The second kappa shape index (κ2) is 8.89. The SMILES string of the molecule is NC(=NCC(O)CN1CCc2ccccc2C1)N1CCN(c2nccs2)CC1. The molecule has 7 nitrogen and oxygen atoms in total. The van der Waals surface area contributed by atoms with Crippen LogP contribution in [0, 0.1) is 0 Å². The van der Waals surface area contributed by atoms with Crippen molar-refractivity contribution in [3.63, 3.8) is 0 Å². The minimum absolute atomic E-state index is 0.344. The van der Waals surface area contributed by atoms with Crippen molar-refractivity contribution < 1.29 is 5.11 Å². The number of nitrogens with zero attached hydrogens (tertiary/aromatic N) is 5. The monoisotopic (exact) mass is 400 g/mol. The molecule has 0 bridgehead atoms. The Morgan fingerprint density at radius 1 is 1.18 bits per heavy atom. The Kier molecular flexibility index (Phi) is 6.09. The summed E-state index contributed by atoms with van der Waals surface area (Å²) >= 11 is 1.66. The third-order valence-electron chi connectivity index (χ3n) is 5.44. The molecule has 3 N–H and O–H groups in total. The topological polar surface area (TPSA) is 81.2 Å². The fourth-order valence-corrected chi connectivity index (χ4v) is 4.56. The van der Waals surface area contributed by atoms with Gasteiger partial charge in [-0.1, -0.05) is 24.3 Å². The van der Waals surface area contributed by atoms with Gasteiger partial charge in [0.1, 0.15) is 0 Å². The van der Waals surface area contributed by atoms with Gasteiger partial charge in [0.15, 0.2) is 11.1 Å². The van der Waals surface area contributed by atoms with Gasteiger partial charge in [0, 0.05) is 57.4 Å². The summed E-state index contributed by atoms with van der Waals surface area (Å²) in [6, 6.07) is 8.55. The fraction of sp³-hybridized carbons (Fsp3) is 0.500. The highest BCUT2D eigenvalue weighted by Gasteiger charge is 2.21. The number of anilines is 1. The number of β-amino-alcohol motifs (C(OH)–C–C–N with tert-alkyl or cyclic N) is 1. The first-order valence-electron chi connectivity index (χ1n) is 9.85. The molecule has 28 heavy (non-hydrogen) atoms. The van der Waals surface area contributed by atoms with E-state index in [-0.39, 0.29) is 0 Å². The molecule has 0 radical (unpaired) electrons. The molecule has 0 amide bonds. The maximum atomic E-state index is 10.4. The molecule has 2 aromatic rings. The van der Waals surface area contributed by atoms with E-state index in [1.807, 2.05) is 11.6 Å². The molecule has 1 fully saturated rings. The summed E-state index contributed by atoms with van der Waals surface area (Å²) in [5.74, 6) is 0.529. The smallest absolute Gasteiger partial charge is 0.191 e. The first kappa shape index (κ1) is 19.2. The highest BCUT2D eigenvalue weighted by Crippen LogP contribution is 2.19. The zero-order valence-electron chi connectivity index (χ0n) is 16.1. The van der Waals surface area contributed by atoms with E-state index in [9.17, 15) is 5.11 Å². The minimum atomic E-state index is -0.500. The first-order chi connectivity index (χ1) is 13.7. The molecule has 150 valence electrons. The number of aliphatic imine (C=N–C) groups is 1. The molecular weight excluding hydrogens is 372 g/mol. The second-order valence-corrected chi connectivity index (χ2v) is 8.27. The van der Waals surface area contributed by atoms with Crippen LogP contribution < -0.4 is 10.6 Å². The molecule has 2 aliphatic rings. The van der Waals surface area contributed by atoms with Crippen molar-refractivity contribution in [1.29, 1.82) is 0 Å². The zero-order chi connectivity index (χ0) is 19.3. The lowest BCUT2D eigenvalue weighted by atomic mass is 10.00. The van der Waals surface area contributed by atoms with E-state index in [2.05, 4.69) is 48.9 Å². The third-order valence-corrected chi connectivity index (χ3v) is 6.27. The zero-order valence-corrected chi connectivity index (χ0v) is 16.9. The van der Waals surface area contributed by atoms with E-state index in [0.29, 0.717) is 19.0 Å². The molecule has 0 saturated carbocycles. The predicted octanol–water partition coefficient (Wildman–Crippen LogP) is 0.999. The predicted molar refractivity (Wildman–Crippen MR) is 114 cm³/mol. The van der Waals surface area contributed by atoms with Gasteiger partial charge < -0.3 is 20.6 Å². The number of hydrogen-bond donors (Lipinski definition) is 2. The van der Waals surface area contributed by atoms with Crippen molar-refractivity contribution in [3.8, 4) is 0 Å². The molecule has 1 unspecified atom stereocenters. The molecule has 0 spiro atoms. The van der Waals surface area contributed by atoms with Gasteiger partial charge in [0.25, 0.3) is 0 Å². The van der Waals surface area contributed by atoms with Crippen molar-refractivity contribution >= 4 is 22.4 Å². The second-order valence-electron chi connectivity index (χ2n) is 7.40. The van der Waals surface area contributed by atoms with Crippen LogP contribution in [-0.4, -0.2) is 77.8 Å². The number of fused-ring (bicyclic) bond motifs is 1. The lowest BCUT2D eigenvalue weighted by Crippen LogP contribution is -2.51. The number of aromatic nitrogens is 1. The van der Waals surface area contributed by atoms with Crippen molar-refractivity contribution in [2.75, 3.05) is 50.7 Å². The average molecular weight is 401 g/mol. The quantitative estimate of drug-likeness (QED) is 0.576. The van der Waals surface area contributed by atoms with Gasteiger partial charge >= 0.3 is 0 Å². The highest BCUT2D eigenvalue weighted by molar-refractivity contribution is 7.13. The fourth-order valence-electron chi connectivity index (χ4n) is 3.86. The summed E-state index contributed by atoms with van der Waals surface area (Å²) in [6.45, 7) is 6.28. The number of hydrogen-bond acceptors (Lipinski definition) is 6. The Labute approximate surface area is 170 Å². The maximum absolute atomic E-state index is 10.4. The lowest BCUT2D eigenvalue weighted by Gasteiger charge is -2.35. The minimum Gasteiger partial charge on any atom is -0.390 e. The van der Waals surface area contributed by atoms with E-state index in [0.717, 1.165) is 50.8 Å². The number of aliphatic hydroxyl groups excluding tert-OH is 1. The summed E-state index contributed by atoms with van der Waals surface area (Å²) in [4.78, 5) is 15.5. The van der Waals surface area contributed by atoms with Gasteiger partial charge in [-0.05, 0) is 17.5 Å². The summed E-state index contributed by atoms with van der Waals surface area (Å²) in [7, 11) is 0. The molecule has 1 aromatic carbocycles. The standard InChI is InChI=1S/C20H28N6OS/c21-19(25-8-10-26(11-9-25)20-22-6-12-28-20)23-13-18(27)15-24-7-5-16-3-1-2-4-17(16)14-24/h1-4,6,12,18,27H,5,7-11,13-15H2,(H2,21,23). The molecule has 2 aliphatic heterocycles. The Morgan fingerprint density at radius 2 is 1.96 bits per heavy atom. The maximum Gasteiger partial charge on any atom is 0.191 e. The Bertz CT molecular complexity index is 788. The van der Waals surface area contributed by atoms with Crippen LogP contribution in [-0.2, 0) is 13.0 Å². The van der Waals surface area contributed by atoms with Gasteiger partial charge in [-0.2, -0.15) is 0 Å². The number of thiazole rings is 1. The number of nitrogens with two attached hydrogens (primary N) is 1. The third kappa shape index (κ3) is 4.63. The molecule has 1 saturated heterocycles. The van der Waals surface area contributed by atoms with Gasteiger partial charge in [-0.15, -0.1) is 11.3 Å². The highest BCUT2D eigenvalue weighted by atomic mass is 32.1. The Hall–Kier alpha value is -2.16. The summed E-state index contributed by atoms with van der Waals surface area (Å²) < 4.78 is 0. The normalized spacial score (nSPS) is 19.5. The van der Waals surface area contributed by atoms with Crippen LogP contribution in [0.25, 0.3) is 0 Å². The van der Waals surface area contributed by atoms with E-state index in [1.54, 1.807) is 11.3 Å². The number of piperazine rings is 1. The van der Waals surface area contributed by atoms with E-state index in [1.165, 1.54) is 11.1 Å². The van der Waals surface area contributed by atoms with E-state index >= 15 is 0 Å². The van der Waals surface area contributed by atoms with Crippen molar-refractivity contribution in [3.05, 3.63) is 47.0 Å². The molecule has 8 heteroatoms. The van der Waals surface area contributed by atoms with Crippen LogP contribution in [0.4, 0.5) is 5.13 Å². The Morgan fingerprint density at radius 3 is 2.71 bits per heavy atom. The van der Waals surface area contributed by atoms with Crippen LogP contribution >= 0.6 is 11.3 Å². The van der Waals surface area contributed by atoms with E-state index in [4.69, 9.17) is 5.73 Å². The van der Waals surface area contributed by atoms with Crippen LogP contribution in [0.2, 0.25) is 0 Å². The van der Waals surface area contributed by atoms with Crippen LogP contribution in [0.3, 0.4) is 0 Å². The van der Waals surface area contributed by atoms with Gasteiger partial charge in [-0.3, -0.25) is 9.89 Å². The molecule has 3 heterocycles. The first-order valence-corrected chi connectivity index (χ1v) is 10.7. The Balaban J connectivity index is 1.23. The number of aliphatic hydroxyl groups is 1. The molecule has 4 rings (SSSR count). The lowest BCUT2D eigenvalue weighted by molar-refractivity contribution is 0.111. The van der Waals surface area contributed by atoms with Crippen molar-refractivity contribution in [2.45, 2.75) is 19.1 Å². The van der Waals surface area contributed by atoms with Crippen LogP contribution in [0.15, 0.2) is 40.8 Å². The van der Waals surface area contributed by atoms with E-state index < -0.39 is 6.10 Å².